The molecule has 154 valence electrons. The highest BCUT2D eigenvalue weighted by Crippen LogP contribution is 2.05. The van der Waals surface area contributed by atoms with Crippen molar-refractivity contribution in [3.05, 3.63) is 35.4 Å². The molecule has 0 aliphatic carbocycles. The Kier molecular flexibility index (Phi) is 8.66. The summed E-state index contributed by atoms with van der Waals surface area (Å²) in [6, 6.07) is 4.99. The molecule has 0 radical (unpaired) electrons. The summed E-state index contributed by atoms with van der Waals surface area (Å²) < 4.78 is 5.33. The van der Waals surface area contributed by atoms with Gasteiger partial charge < -0.3 is 15.8 Å². The molecule has 1 aromatic carbocycles. The number of carbonyl (C=O) groups is 2. The number of morpholine rings is 1. The molecule has 2 amide bonds. The quantitative estimate of drug-likeness (QED) is 0.308. The van der Waals surface area contributed by atoms with Crippen molar-refractivity contribution in [2.45, 2.75) is 32.0 Å². The van der Waals surface area contributed by atoms with Gasteiger partial charge in [0.25, 0.3) is 11.8 Å². The van der Waals surface area contributed by atoms with Gasteiger partial charge in [-0.25, -0.2) is 5.48 Å². The third-order valence-electron chi connectivity index (χ3n) is 4.50. The summed E-state index contributed by atoms with van der Waals surface area (Å²) in [6.07, 6.45) is 0. The third kappa shape index (κ3) is 6.90. The first kappa shape index (κ1) is 22.4. The van der Waals surface area contributed by atoms with E-state index in [1.165, 1.54) is 5.48 Å². The number of hydrogen-bond acceptors (Lipinski definition) is 6. The van der Waals surface area contributed by atoms with E-state index < -0.39 is 23.9 Å². The van der Waals surface area contributed by atoms with Crippen molar-refractivity contribution in [3.63, 3.8) is 0 Å². The van der Waals surface area contributed by atoms with E-state index in [0.717, 1.165) is 26.3 Å². The first-order valence-electron chi connectivity index (χ1n) is 9.36. The van der Waals surface area contributed by atoms with Crippen LogP contribution < -0.4 is 16.5 Å². The molecule has 1 aliphatic rings. The lowest BCUT2D eigenvalue weighted by Crippen LogP contribution is -2.54. The number of hydroxylamine groups is 1. The van der Waals surface area contributed by atoms with Crippen LogP contribution in [0, 0.1) is 23.7 Å². The summed E-state index contributed by atoms with van der Waals surface area (Å²) in [5, 5.41) is 11.2. The molecule has 0 spiro atoms. The number of amides is 2. The minimum absolute atomic E-state index is 0.119. The molecule has 3 atom stereocenters. The van der Waals surface area contributed by atoms with Gasteiger partial charge in [0.1, 0.15) is 6.04 Å². The van der Waals surface area contributed by atoms with Crippen molar-refractivity contribution < 1.29 is 19.5 Å². The van der Waals surface area contributed by atoms with Crippen LogP contribution in [0.5, 0.6) is 0 Å². The van der Waals surface area contributed by atoms with E-state index in [1.807, 2.05) is 6.92 Å². The van der Waals surface area contributed by atoms with E-state index in [1.54, 1.807) is 31.2 Å². The maximum atomic E-state index is 12.3. The van der Waals surface area contributed by atoms with Gasteiger partial charge in [0.2, 0.25) is 0 Å². The van der Waals surface area contributed by atoms with Gasteiger partial charge in [-0.1, -0.05) is 11.8 Å². The predicted molar refractivity (Wildman–Crippen MR) is 108 cm³/mol. The second kappa shape index (κ2) is 11.2. The molecule has 2 rings (SSSR count). The van der Waals surface area contributed by atoms with Crippen molar-refractivity contribution in [1.29, 1.82) is 0 Å². The van der Waals surface area contributed by atoms with Crippen LogP contribution in [-0.2, 0) is 9.53 Å². The van der Waals surface area contributed by atoms with Crippen molar-refractivity contribution in [2.24, 2.45) is 5.73 Å². The van der Waals surface area contributed by atoms with Gasteiger partial charge >= 0.3 is 0 Å². The van der Waals surface area contributed by atoms with Crippen LogP contribution in [0.15, 0.2) is 24.3 Å². The molecule has 1 saturated heterocycles. The topological polar surface area (TPSA) is 117 Å². The Hall–Kier alpha value is -2.88. The van der Waals surface area contributed by atoms with Crippen LogP contribution in [0.1, 0.15) is 29.8 Å². The van der Waals surface area contributed by atoms with Gasteiger partial charge in [-0.15, -0.1) is 0 Å². The Labute approximate surface area is 170 Å². The van der Waals surface area contributed by atoms with E-state index in [9.17, 15) is 9.59 Å². The van der Waals surface area contributed by atoms with Gasteiger partial charge in [0.15, 0.2) is 0 Å². The Morgan fingerprint density at radius 3 is 2.41 bits per heavy atom. The highest BCUT2D eigenvalue weighted by Gasteiger charge is 2.24. The number of nitrogens with one attached hydrogen (secondary N) is 2. The molecule has 1 aliphatic heterocycles. The average Bonchev–Trinajstić information content (AvgIpc) is 2.75. The number of nitrogens with zero attached hydrogens (tertiary/aromatic N) is 1. The molecule has 1 fully saturated rings. The smallest absolute Gasteiger partial charge is 0.267 e. The highest BCUT2D eigenvalue weighted by molar-refractivity contribution is 5.97. The molecule has 5 N–H and O–H groups in total. The molecule has 8 heteroatoms. The van der Waals surface area contributed by atoms with E-state index in [4.69, 9.17) is 15.7 Å². The SMILES string of the molecule is CC(N)C(NC(=O)c1ccc(C#CC#C[C@@H](C)N2CCOCC2)cc1)C(=O)NO. The number of hydrogen-bond donors (Lipinski definition) is 4. The monoisotopic (exact) mass is 398 g/mol. The summed E-state index contributed by atoms with van der Waals surface area (Å²) in [4.78, 5) is 26.1. The second-order valence-corrected chi connectivity index (χ2v) is 6.71. The fraction of sp³-hybridized carbons (Fsp3) is 0.429. The maximum Gasteiger partial charge on any atom is 0.267 e. The largest absolute Gasteiger partial charge is 0.379 e. The fourth-order valence-electron chi connectivity index (χ4n) is 2.73. The van der Waals surface area contributed by atoms with Gasteiger partial charge in [0.05, 0.1) is 19.3 Å². The van der Waals surface area contributed by atoms with Crippen LogP contribution in [0.3, 0.4) is 0 Å². The van der Waals surface area contributed by atoms with Gasteiger partial charge in [-0.3, -0.25) is 19.7 Å². The predicted octanol–water partition coefficient (Wildman–Crippen LogP) is -0.287. The molecule has 2 unspecified atom stereocenters. The van der Waals surface area contributed by atoms with Crippen LogP contribution in [0.25, 0.3) is 0 Å². The van der Waals surface area contributed by atoms with Gasteiger partial charge in [-0.05, 0) is 50.0 Å². The number of benzene rings is 1. The van der Waals surface area contributed by atoms with Crippen molar-refractivity contribution in [1.82, 2.24) is 15.7 Å². The van der Waals surface area contributed by atoms with Crippen LogP contribution >= 0.6 is 0 Å². The van der Waals surface area contributed by atoms with E-state index in [-0.39, 0.29) is 6.04 Å². The summed E-state index contributed by atoms with van der Waals surface area (Å²) in [7, 11) is 0. The fourth-order valence-corrected chi connectivity index (χ4v) is 2.73. The van der Waals surface area contributed by atoms with Gasteiger partial charge in [0, 0.05) is 30.3 Å². The summed E-state index contributed by atoms with van der Waals surface area (Å²) in [5.41, 5.74) is 8.23. The lowest BCUT2D eigenvalue weighted by atomic mass is 10.1. The molecule has 1 aromatic rings. The molecular formula is C21H26N4O4. The van der Waals surface area contributed by atoms with E-state index >= 15 is 0 Å². The number of carbonyl (C=O) groups excluding carboxylic acids is 2. The Bertz CT molecular complexity index is 824. The number of nitrogens with two attached hydrogens (primary N) is 1. The Balaban J connectivity index is 1.95. The Morgan fingerprint density at radius 1 is 1.17 bits per heavy atom. The first-order chi connectivity index (χ1) is 13.9. The minimum atomic E-state index is -1.05. The summed E-state index contributed by atoms with van der Waals surface area (Å²) >= 11 is 0. The van der Waals surface area contributed by atoms with Crippen molar-refractivity contribution >= 4 is 11.8 Å². The maximum absolute atomic E-state index is 12.3. The molecule has 0 saturated carbocycles. The lowest BCUT2D eigenvalue weighted by Gasteiger charge is -2.29. The van der Waals surface area contributed by atoms with Crippen molar-refractivity contribution in [2.75, 3.05) is 26.3 Å². The van der Waals surface area contributed by atoms with Crippen molar-refractivity contribution in [3.8, 4) is 23.7 Å². The van der Waals surface area contributed by atoms with E-state index in [2.05, 4.69) is 33.9 Å². The standard InChI is InChI=1S/C21H26N4O4/c1-15(25-11-13-29-14-12-25)5-3-4-6-17-7-9-18(10-8-17)20(26)23-19(16(2)22)21(27)24-28/h7-10,15-16,19,28H,11-14,22H2,1-2H3,(H,23,26)(H,24,27)/t15-,16?,19?/m1/s1. The molecule has 0 aromatic heterocycles. The second-order valence-electron chi connectivity index (χ2n) is 6.71. The minimum Gasteiger partial charge on any atom is -0.379 e. The first-order valence-corrected chi connectivity index (χ1v) is 9.36. The molecule has 8 nitrogen and oxygen atoms in total. The zero-order valence-corrected chi connectivity index (χ0v) is 16.6. The third-order valence-corrected chi connectivity index (χ3v) is 4.50. The van der Waals surface area contributed by atoms with Crippen LogP contribution in [0.4, 0.5) is 0 Å². The summed E-state index contributed by atoms with van der Waals surface area (Å²) in [6.45, 7) is 6.80. The summed E-state index contributed by atoms with van der Waals surface area (Å²) in [5.74, 6) is 10.5. The molecule has 0 bridgehead atoms. The number of rotatable bonds is 5. The lowest BCUT2D eigenvalue weighted by molar-refractivity contribution is -0.131. The zero-order chi connectivity index (χ0) is 21.2. The highest BCUT2D eigenvalue weighted by atomic mass is 16.5. The van der Waals surface area contributed by atoms with E-state index in [0.29, 0.717) is 11.1 Å². The van der Waals surface area contributed by atoms with Gasteiger partial charge in [-0.2, -0.15) is 0 Å². The Morgan fingerprint density at radius 2 is 1.83 bits per heavy atom. The molecule has 1 heterocycles. The molecular weight excluding hydrogens is 372 g/mol. The number of ether oxygens (including phenoxy) is 1. The molecule has 29 heavy (non-hydrogen) atoms. The normalized spacial score (nSPS) is 16.8. The van der Waals surface area contributed by atoms with Crippen LogP contribution in [0.2, 0.25) is 0 Å². The zero-order valence-electron chi connectivity index (χ0n) is 16.6. The average molecular weight is 398 g/mol. The van der Waals surface area contributed by atoms with Crippen LogP contribution in [-0.4, -0.2) is 66.4 Å².